The van der Waals surface area contributed by atoms with Crippen molar-refractivity contribution in [2.75, 3.05) is 26.8 Å². The third kappa shape index (κ3) is 3.99. The van der Waals surface area contributed by atoms with Crippen LogP contribution in [0.2, 0.25) is 5.02 Å². The fourth-order valence-electron chi connectivity index (χ4n) is 1.42. The van der Waals surface area contributed by atoms with Crippen molar-refractivity contribution < 1.29 is 9.53 Å². The zero-order valence-electron chi connectivity index (χ0n) is 10.1. The Morgan fingerprint density at radius 1 is 1.61 bits per heavy atom. The lowest BCUT2D eigenvalue weighted by Gasteiger charge is -2.21. The summed E-state index contributed by atoms with van der Waals surface area (Å²) in [6.07, 6.45) is 3.21. The Kier molecular flexibility index (Phi) is 6.12. The van der Waals surface area contributed by atoms with Gasteiger partial charge in [0.2, 0.25) is 0 Å². The SMILES string of the molecule is COCCN(CCC#N)C(=O)c1ccncc1Cl. The van der Waals surface area contributed by atoms with Gasteiger partial charge in [0.1, 0.15) is 0 Å². The topological polar surface area (TPSA) is 66.2 Å². The highest BCUT2D eigenvalue weighted by Gasteiger charge is 2.17. The molecule has 0 N–H and O–H groups in total. The van der Waals surface area contributed by atoms with E-state index in [2.05, 4.69) is 4.98 Å². The fourth-order valence-corrected chi connectivity index (χ4v) is 1.62. The molecular weight excluding hydrogens is 254 g/mol. The average Bonchev–Trinajstić information content (AvgIpc) is 2.39. The lowest BCUT2D eigenvalue weighted by atomic mass is 10.2. The van der Waals surface area contributed by atoms with E-state index in [9.17, 15) is 4.79 Å². The fraction of sp³-hybridized carbons (Fsp3) is 0.417. The van der Waals surface area contributed by atoms with Crippen LogP contribution in [0.3, 0.4) is 0 Å². The summed E-state index contributed by atoms with van der Waals surface area (Å²) in [6.45, 7) is 1.20. The minimum atomic E-state index is -0.213. The van der Waals surface area contributed by atoms with Gasteiger partial charge in [0.15, 0.2) is 0 Å². The summed E-state index contributed by atoms with van der Waals surface area (Å²) in [5.41, 5.74) is 0.390. The third-order valence-corrected chi connectivity index (χ3v) is 2.65. The normalized spacial score (nSPS) is 9.83. The van der Waals surface area contributed by atoms with E-state index in [0.29, 0.717) is 30.3 Å². The van der Waals surface area contributed by atoms with Gasteiger partial charge >= 0.3 is 0 Å². The minimum Gasteiger partial charge on any atom is -0.383 e. The molecule has 6 heteroatoms. The van der Waals surface area contributed by atoms with Gasteiger partial charge in [-0.25, -0.2) is 0 Å². The number of nitrogens with zero attached hydrogens (tertiary/aromatic N) is 3. The molecule has 0 radical (unpaired) electrons. The number of nitriles is 1. The molecule has 18 heavy (non-hydrogen) atoms. The van der Waals surface area contributed by atoms with Crippen molar-refractivity contribution in [2.24, 2.45) is 0 Å². The Balaban J connectivity index is 2.81. The van der Waals surface area contributed by atoms with Gasteiger partial charge < -0.3 is 9.64 Å². The molecule has 0 aliphatic carbocycles. The number of ether oxygens (including phenoxy) is 1. The van der Waals surface area contributed by atoms with E-state index in [0.717, 1.165) is 0 Å². The molecule has 0 aliphatic rings. The maximum atomic E-state index is 12.2. The molecule has 0 bridgehead atoms. The average molecular weight is 268 g/mol. The molecule has 0 saturated carbocycles. The van der Waals surface area contributed by atoms with Gasteiger partial charge in [-0.1, -0.05) is 11.6 Å². The van der Waals surface area contributed by atoms with E-state index in [1.54, 1.807) is 18.1 Å². The second-order valence-corrected chi connectivity index (χ2v) is 3.96. The molecule has 0 saturated heterocycles. The summed E-state index contributed by atoms with van der Waals surface area (Å²) in [7, 11) is 1.56. The van der Waals surface area contributed by atoms with Crippen molar-refractivity contribution in [1.29, 1.82) is 5.26 Å². The number of aromatic nitrogens is 1. The van der Waals surface area contributed by atoms with Crippen LogP contribution >= 0.6 is 11.6 Å². The number of amides is 1. The van der Waals surface area contributed by atoms with Crippen molar-refractivity contribution in [3.05, 3.63) is 29.0 Å². The Labute approximate surface area is 111 Å². The molecular formula is C12H14ClN3O2. The molecule has 1 amide bonds. The standard InChI is InChI=1S/C12H14ClN3O2/c1-18-8-7-16(6-2-4-14)12(17)10-3-5-15-9-11(10)13/h3,5,9H,2,6-8H2,1H3. The van der Waals surface area contributed by atoms with E-state index in [4.69, 9.17) is 21.6 Å². The van der Waals surface area contributed by atoms with Crippen molar-refractivity contribution in [3.63, 3.8) is 0 Å². The van der Waals surface area contributed by atoms with Gasteiger partial charge in [0.25, 0.3) is 5.91 Å². The van der Waals surface area contributed by atoms with Gasteiger partial charge in [0, 0.05) is 32.6 Å². The monoisotopic (exact) mass is 267 g/mol. The Bertz CT molecular complexity index is 445. The largest absolute Gasteiger partial charge is 0.383 e. The van der Waals surface area contributed by atoms with Crippen molar-refractivity contribution in [2.45, 2.75) is 6.42 Å². The van der Waals surface area contributed by atoms with Crippen molar-refractivity contribution in [1.82, 2.24) is 9.88 Å². The predicted molar refractivity (Wildman–Crippen MR) is 67.3 cm³/mol. The first-order valence-electron chi connectivity index (χ1n) is 5.45. The van der Waals surface area contributed by atoms with Crippen LogP contribution in [-0.2, 0) is 4.74 Å². The van der Waals surface area contributed by atoms with Gasteiger partial charge in [-0.3, -0.25) is 9.78 Å². The molecule has 0 atom stereocenters. The van der Waals surface area contributed by atoms with E-state index in [1.807, 2.05) is 6.07 Å². The number of rotatable bonds is 6. The summed E-state index contributed by atoms with van der Waals surface area (Å²) < 4.78 is 4.95. The number of carbonyl (C=O) groups is 1. The summed E-state index contributed by atoms with van der Waals surface area (Å²) in [4.78, 5) is 17.6. The van der Waals surface area contributed by atoms with Crippen LogP contribution in [0.4, 0.5) is 0 Å². The van der Waals surface area contributed by atoms with E-state index >= 15 is 0 Å². The highest BCUT2D eigenvalue weighted by molar-refractivity contribution is 6.33. The van der Waals surface area contributed by atoms with Crippen LogP contribution in [-0.4, -0.2) is 42.6 Å². The molecule has 0 fully saturated rings. The van der Waals surface area contributed by atoms with E-state index < -0.39 is 0 Å². The highest BCUT2D eigenvalue weighted by Crippen LogP contribution is 2.15. The van der Waals surface area contributed by atoms with Crippen LogP contribution in [0.25, 0.3) is 0 Å². The molecule has 0 aliphatic heterocycles. The number of halogens is 1. The Morgan fingerprint density at radius 2 is 2.39 bits per heavy atom. The van der Waals surface area contributed by atoms with Crippen LogP contribution in [0.5, 0.6) is 0 Å². The van der Waals surface area contributed by atoms with Gasteiger partial charge in [-0.2, -0.15) is 5.26 Å². The zero-order valence-corrected chi connectivity index (χ0v) is 10.9. The van der Waals surface area contributed by atoms with Gasteiger partial charge in [-0.15, -0.1) is 0 Å². The molecule has 1 rings (SSSR count). The molecule has 0 aromatic carbocycles. The van der Waals surface area contributed by atoms with Crippen LogP contribution in [0, 0.1) is 11.3 Å². The molecule has 1 aromatic heterocycles. The summed E-state index contributed by atoms with van der Waals surface area (Å²) in [6, 6.07) is 3.58. The Morgan fingerprint density at radius 3 is 3.00 bits per heavy atom. The van der Waals surface area contributed by atoms with Gasteiger partial charge in [0.05, 0.1) is 29.7 Å². The van der Waals surface area contributed by atoms with Crippen molar-refractivity contribution in [3.8, 4) is 6.07 Å². The lowest BCUT2D eigenvalue weighted by molar-refractivity contribution is 0.0700. The Hall–Kier alpha value is -1.64. The maximum Gasteiger partial charge on any atom is 0.255 e. The molecule has 1 heterocycles. The predicted octanol–water partition coefficient (Wildman–Crippen LogP) is 1.74. The van der Waals surface area contributed by atoms with Crippen LogP contribution < -0.4 is 0 Å². The van der Waals surface area contributed by atoms with E-state index in [-0.39, 0.29) is 12.3 Å². The molecule has 0 spiro atoms. The molecule has 0 unspecified atom stereocenters. The third-order valence-electron chi connectivity index (χ3n) is 2.35. The highest BCUT2D eigenvalue weighted by atomic mass is 35.5. The lowest BCUT2D eigenvalue weighted by Crippen LogP contribution is -2.34. The van der Waals surface area contributed by atoms with E-state index in [1.165, 1.54) is 12.4 Å². The molecule has 1 aromatic rings. The number of carbonyl (C=O) groups excluding carboxylic acids is 1. The number of hydrogen-bond donors (Lipinski definition) is 0. The second-order valence-electron chi connectivity index (χ2n) is 3.55. The summed E-state index contributed by atoms with van der Waals surface area (Å²) in [5, 5.41) is 8.90. The molecule has 5 nitrogen and oxygen atoms in total. The number of pyridine rings is 1. The quantitative estimate of drug-likeness (QED) is 0.787. The first-order chi connectivity index (χ1) is 8.70. The number of hydrogen-bond acceptors (Lipinski definition) is 4. The zero-order chi connectivity index (χ0) is 13.4. The summed E-state index contributed by atoms with van der Waals surface area (Å²) >= 11 is 5.92. The van der Waals surface area contributed by atoms with Crippen LogP contribution in [0.15, 0.2) is 18.5 Å². The smallest absolute Gasteiger partial charge is 0.255 e. The number of methoxy groups -OCH3 is 1. The van der Waals surface area contributed by atoms with Gasteiger partial charge in [-0.05, 0) is 6.07 Å². The van der Waals surface area contributed by atoms with Crippen molar-refractivity contribution >= 4 is 17.5 Å². The summed E-state index contributed by atoms with van der Waals surface area (Å²) in [5.74, 6) is -0.213. The second kappa shape index (κ2) is 7.64. The van der Waals surface area contributed by atoms with Crippen LogP contribution in [0.1, 0.15) is 16.8 Å². The molecule has 96 valence electrons. The maximum absolute atomic E-state index is 12.2. The first-order valence-corrected chi connectivity index (χ1v) is 5.83. The minimum absolute atomic E-state index is 0.213. The first kappa shape index (κ1) is 14.4.